The summed E-state index contributed by atoms with van der Waals surface area (Å²) in [6.45, 7) is 6.25. The van der Waals surface area contributed by atoms with Gasteiger partial charge in [-0.3, -0.25) is 0 Å². The molecule has 2 N–H and O–H groups in total. The predicted octanol–water partition coefficient (Wildman–Crippen LogP) is 4.24. The van der Waals surface area contributed by atoms with Gasteiger partial charge in [0.05, 0.1) is 0 Å². The van der Waals surface area contributed by atoms with Gasteiger partial charge in [0.15, 0.2) is 0 Å². The van der Waals surface area contributed by atoms with E-state index in [2.05, 4.69) is 48.9 Å². The highest BCUT2D eigenvalue weighted by molar-refractivity contribution is 5.68. The van der Waals surface area contributed by atoms with Gasteiger partial charge in [-0.25, -0.2) is 4.79 Å². The summed E-state index contributed by atoms with van der Waals surface area (Å²) < 4.78 is 2.17. The first-order chi connectivity index (χ1) is 11.8. The minimum Gasteiger partial charge on any atom is -0.465 e. The molecule has 25 heavy (non-hydrogen) atoms. The third-order valence-electron chi connectivity index (χ3n) is 5.27. The van der Waals surface area contributed by atoms with Crippen LogP contribution >= 0.6 is 0 Å². The van der Waals surface area contributed by atoms with Gasteiger partial charge >= 0.3 is 6.09 Å². The fraction of sp³-hybridized carbons (Fsp3) is 0.381. The van der Waals surface area contributed by atoms with Gasteiger partial charge in [0.2, 0.25) is 0 Å². The van der Waals surface area contributed by atoms with Crippen molar-refractivity contribution < 1.29 is 9.90 Å². The van der Waals surface area contributed by atoms with Crippen molar-refractivity contribution in [2.75, 3.05) is 0 Å². The fourth-order valence-corrected chi connectivity index (χ4v) is 4.05. The number of amides is 1. The van der Waals surface area contributed by atoms with Gasteiger partial charge in [0, 0.05) is 24.9 Å². The maximum Gasteiger partial charge on any atom is 0.405 e. The number of allylic oxidation sites excluding steroid dienone is 2. The van der Waals surface area contributed by atoms with E-state index in [1.165, 1.54) is 11.3 Å². The Labute approximate surface area is 149 Å². The highest BCUT2D eigenvalue weighted by Crippen LogP contribution is 2.46. The van der Waals surface area contributed by atoms with Crippen LogP contribution in [0.2, 0.25) is 0 Å². The monoisotopic (exact) mass is 338 g/mol. The van der Waals surface area contributed by atoms with Crippen molar-refractivity contribution in [3.8, 4) is 0 Å². The molecule has 0 saturated heterocycles. The van der Waals surface area contributed by atoms with Crippen LogP contribution in [-0.4, -0.2) is 15.8 Å². The van der Waals surface area contributed by atoms with Crippen LogP contribution in [0.1, 0.15) is 43.3 Å². The zero-order valence-electron chi connectivity index (χ0n) is 15.3. The molecule has 132 valence electrons. The number of nitrogens with zero attached hydrogens (tertiary/aromatic N) is 1. The van der Waals surface area contributed by atoms with Gasteiger partial charge in [-0.1, -0.05) is 63.3 Å². The number of hydrogen-bond acceptors (Lipinski definition) is 1. The number of aromatic nitrogens is 1. The number of carboxylic acid groups (broad SMARTS) is 1. The van der Waals surface area contributed by atoms with E-state index in [1.807, 2.05) is 37.4 Å². The van der Waals surface area contributed by atoms with E-state index in [4.69, 9.17) is 0 Å². The molecule has 1 amide bonds. The minimum atomic E-state index is -1.02. The van der Waals surface area contributed by atoms with Gasteiger partial charge in [-0.15, -0.1) is 0 Å². The van der Waals surface area contributed by atoms with Gasteiger partial charge < -0.3 is 15.0 Å². The first-order valence-corrected chi connectivity index (χ1v) is 8.67. The van der Waals surface area contributed by atoms with Gasteiger partial charge in [0.25, 0.3) is 0 Å². The molecule has 4 nitrogen and oxygen atoms in total. The molecule has 4 heteroatoms. The van der Waals surface area contributed by atoms with E-state index in [0.29, 0.717) is 0 Å². The van der Waals surface area contributed by atoms with E-state index < -0.39 is 11.6 Å². The zero-order valence-corrected chi connectivity index (χ0v) is 15.3. The maximum absolute atomic E-state index is 11.8. The molecule has 0 fully saturated rings. The summed E-state index contributed by atoms with van der Waals surface area (Å²) in [7, 11) is 2.04. The molecule has 3 rings (SSSR count). The van der Waals surface area contributed by atoms with Crippen molar-refractivity contribution in [2.45, 2.75) is 39.2 Å². The average molecular weight is 338 g/mol. The van der Waals surface area contributed by atoms with Gasteiger partial charge in [0.1, 0.15) is 5.54 Å². The third-order valence-corrected chi connectivity index (χ3v) is 5.27. The van der Waals surface area contributed by atoms with Crippen LogP contribution in [0.5, 0.6) is 0 Å². The zero-order chi connectivity index (χ0) is 18.2. The quantitative estimate of drug-likeness (QED) is 0.823. The molecular weight excluding hydrogens is 312 g/mol. The third kappa shape index (κ3) is 2.76. The smallest absolute Gasteiger partial charge is 0.405 e. The highest BCUT2D eigenvalue weighted by Gasteiger charge is 2.48. The summed E-state index contributed by atoms with van der Waals surface area (Å²) in [5.74, 6) is 0. The molecule has 1 aromatic heterocycles. The van der Waals surface area contributed by atoms with Crippen LogP contribution < -0.4 is 5.32 Å². The summed E-state index contributed by atoms with van der Waals surface area (Å²) in [6, 6.07) is 12.1. The Morgan fingerprint density at radius 3 is 2.32 bits per heavy atom. The lowest BCUT2D eigenvalue weighted by Crippen LogP contribution is -2.55. The molecule has 0 radical (unpaired) electrons. The molecule has 0 saturated carbocycles. The lowest BCUT2D eigenvalue weighted by Gasteiger charge is -2.45. The summed E-state index contributed by atoms with van der Waals surface area (Å²) in [6.07, 6.45) is 5.12. The van der Waals surface area contributed by atoms with E-state index in [0.717, 1.165) is 24.1 Å². The van der Waals surface area contributed by atoms with E-state index >= 15 is 0 Å². The molecule has 1 heterocycles. The molecule has 1 aromatic carbocycles. The second-order valence-corrected chi connectivity index (χ2v) is 7.74. The maximum atomic E-state index is 11.8. The molecule has 1 atom stereocenters. The summed E-state index contributed by atoms with van der Waals surface area (Å²) >= 11 is 0. The average Bonchev–Trinajstić information content (AvgIpc) is 2.90. The molecule has 1 aliphatic carbocycles. The van der Waals surface area contributed by atoms with E-state index in [1.54, 1.807) is 0 Å². The largest absolute Gasteiger partial charge is 0.465 e. The summed E-state index contributed by atoms with van der Waals surface area (Å²) in [5.41, 5.74) is 3.27. The highest BCUT2D eigenvalue weighted by atomic mass is 16.4. The van der Waals surface area contributed by atoms with Crippen molar-refractivity contribution in [1.82, 2.24) is 9.88 Å². The lowest BCUT2D eigenvalue weighted by molar-refractivity contribution is 0.139. The first-order valence-electron chi connectivity index (χ1n) is 8.67. The number of hydrogen-bond donors (Lipinski definition) is 2. The number of nitrogens with one attached hydrogen (secondary N) is 1. The number of benzene rings is 1. The second-order valence-electron chi connectivity index (χ2n) is 7.74. The SMILES string of the molecule is Cn1c(C(NC(=O)O)(c2ccccc2)C(C)(C)C)cc2c1CC=CC2. The number of fused-ring (bicyclic) bond motifs is 1. The summed E-state index contributed by atoms with van der Waals surface area (Å²) in [5, 5.41) is 12.6. The van der Waals surface area contributed by atoms with Crippen LogP contribution in [0.3, 0.4) is 0 Å². The molecule has 0 spiro atoms. The topological polar surface area (TPSA) is 54.3 Å². The first kappa shape index (κ1) is 17.3. The molecule has 2 aromatic rings. The fourth-order valence-electron chi connectivity index (χ4n) is 4.05. The van der Waals surface area contributed by atoms with Crippen LogP contribution in [0.15, 0.2) is 48.6 Å². The van der Waals surface area contributed by atoms with Crippen molar-refractivity contribution in [1.29, 1.82) is 0 Å². The Morgan fingerprint density at radius 2 is 1.76 bits per heavy atom. The lowest BCUT2D eigenvalue weighted by atomic mass is 9.67. The van der Waals surface area contributed by atoms with Crippen LogP contribution in [0, 0.1) is 5.41 Å². The van der Waals surface area contributed by atoms with Crippen molar-refractivity contribution >= 4 is 6.09 Å². The van der Waals surface area contributed by atoms with E-state index in [9.17, 15) is 9.90 Å². The molecule has 0 aliphatic heterocycles. The number of rotatable bonds is 3. The Bertz CT molecular complexity index is 812. The summed E-state index contributed by atoms with van der Waals surface area (Å²) in [4.78, 5) is 11.8. The Hall–Kier alpha value is -2.49. The van der Waals surface area contributed by atoms with Crippen molar-refractivity contribution in [3.63, 3.8) is 0 Å². The minimum absolute atomic E-state index is 0.366. The van der Waals surface area contributed by atoms with Gasteiger partial charge in [-0.05, 0) is 29.0 Å². The normalized spacial score (nSPS) is 16.2. The van der Waals surface area contributed by atoms with Crippen LogP contribution in [0.25, 0.3) is 0 Å². The predicted molar refractivity (Wildman–Crippen MR) is 99.8 cm³/mol. The van der Waals surface area contributed by atoms with Crippen LogP contribution in [-0.2, 0) is 25.4 Å². The molecule has 0 bridgehead atoms. The standard InChI is InChI=1S/C21H26N2O2/c1-20(2,3)21(22-19(24)25,16-11-6-5-7-12-16)18-14-15-10-8-9-13-17(15)23(18)4/h5-9,11-12,14,22H,10,13H2,1-4H3,(H,24,25). The Morgan fingerprint density at radius 1 is 1.12 bits per heavy atom. The van der Waals surface area contributed by atoms with Crippen molar-refractivity contribution in [2.24, 2.45) is 12.5 Å². The van der Waals surface area contributed by atoms with Crippen molar-refractivity contribution in [3.05, 3.63) is 71.1 Å². The molecule has 1 unspecified atom stereocenters. The number of carbonyl (C=O) groups is 1. The Balaban J connectivity index is 2.32. The van der Waals surface area contributed by atoms with E-state index in [-0.39, 0.29) is 5.41 Å². The molecule has 1 aliphatic rings. The Kier molecular flexibility index (Phi) is 4.23. The molecular formula is C21H26N2O2. The van der Waals surface area contributed by atoms with Gasteiger partial charge in [-0.2, -0.15) is 0 Å². The van der Waals surface area contributed by atoms with Crippen LogP contribution in [0.4, 0.5) is 4.79 Å². The second kappa shape index (κ2) is 6.10.